The van der Waals surface area contributed by atoms with Gasteiger partial charge in [-0.2, -0.15) is 0 Å². The monoisotopic (exact) mass is 233 g/mol. The molecular weight excluding hydrogens is 214 g/mol. The maximum atomic E-state index is 11.2. The zero-order chi connectivity index (χ0) is 11.4. The highest BCUT2D eigenvalue weighted by atomic mass is 35.5. The van der Waals surface area contributed by atoms with Crippen molar-refractivity contribution in [3.05, 3.63) is 12.7 Å². The molecule has 0 unspecified atom stereocenters. The molecule has 4 heteroatoms. The van der Waals surface area contributed by atoms with Gasteiger partial charge >= 0.3 is 0 Å². The predicted octanol–water partition coefficient (Wildman–Crippen LogP) is 2.10. The highest BCUT2D eigenvalue weighted by Crippen LogP contribution is 1.96. The first-order valence-corrected chi connectivity index (χ1v) is 5.86. The number of alkyl halides is 1. The fourth-order valence-electron chi connectivity index (χ4n) is 1.000. The summed E-state index contributed by atoms with van der Waals surface area (Å²) in [6.45, 7) is 5.41. The Hall–Kier alpha value is -0.540. The molecule has 3 nitrogen and oxygen atoms in total. The Labute approximate surface area is 96.8 Å². The van der Waals surface area contributed by atoms with Gasteiger partial charge in [-0.05, 0) is 19.3 Å². The lowest BCUT2D eigenvalue weighted by Crippen LogP contribution is -2.27. The van der Waals surface area contributed by atoms with Crippen LogP contribution in [0.3, 0.4) is 0 Å². The topological polar surface area (TPSA) is 38.3 Å². The summed E-state index contributed by atoms with van der Waals surface area (Å²) >= 11 is 5.50. The van der Waals surface area contributed by atoms with E-state index in [0.717, 1.165) is 19.3 Å². The quantitative estimate of drug-likeness (QED) is 0.357. The van der Waals surface area contributed by atoms with Crippen LogP contribution in [0, 0.1) is 0 Å². The minimum Gasteiger partial charge on any atom is -0.379 e. The summed E-state index contributed by atoms with van der Waals surface area (Å²) in [5.41, 5.74) is 0. The van der Waals surface area contributed by atoms with Crippen molar-refractivity contribution in [3.63, 3.8) is 0 Å². The summed E-state index contributed by atoms with van der Waals surface area (Å²) in [5.74, 6) is 0.699. The van der Waals surface area contributed by atoms with Crippen molar-refractivity contribution in [1.29, 1.82) is 0 Å². The molecule has 88 valence electrons. The van der Waals surface area contributed by atoms with Gasteiger partial charge in [0.05, 0.1) is 13.2 Å². The van der Waals surface area contributed by atoms with Crippen LogP contribution in [-0.2, 0) is 9.53 Å². The molecule has 0 saturated carbocycles. The molecule has 0 fully saturated rings. The minimum atomic E-state index is 0.0763. The molecule has 1 N–H and O–H groups in total. The Bertz CT molecular complexity index is 174. The maximum Gasteiger partial charge on any atom is 0.220 e. The number of carbonyl (C=O) groups is 1. The molecule has 0 aliphatic carbocycles. The van der Waals surface area contributed by atoms with Crippen molar-refractivity contribution in [3.8, 4) is 0 Å². The summed E-state index contributed by atoms with van der Waals surface area (Å²) in [5, 5.41) is 2.79. The number of nitrogens with one attached hydrogen (secondary N) is 1. The van der Waals surface area contributed by atoms with Gasteiger partial charge in [0.15, 0.2) is 0 Å². The smallest absolute Gasteiger partial charge is 0.220 e. The number of carbonyl (C=O) groups excluding carboxylic acids is 1. The van der Waals surface area contributed by atoms with Crippen molar-refractivity contribution >= 4 is 17.5 Å². The van der Waals surface area contributed by atoms with Gasteiger partial charge in [0.1, 0.15) is 0 Å². The molecule has 0 aliphatic rings. The Morgan fingerprint density at radius 3 is 2.87 bits per heavy atom. The first-order chi connectivity index (χ1) is 7.31. The van der Waals surface area contributed by atoms with Gasteiger partial charge in [-0.3, -0.25) is 4.79 Å². The highest BCUT2D eigenvalue weighted by molar-refractivity contribution is 6.17. The average molecular weight is 234 g/mol. The molecule has 0 atom stereocenters. The first-order valence-electron chi connectivity index (χ1n) is 5.32. The van der Waals surface area contributed by atoms with Crippen molar-refractivity contribution in [1.82, 2.24) is 5.32 Å². The van der Waals surface area contributed by atoms with Crippen molar-refractivity contribution in [2.45, 2.75) is 25.7 Å². The zero-order valence-corrected chi connectivity index (χ0v) is 9.89. The third-order valence-corrected chi connectivity index (χ3v) is 2.09. The lowest BCUT2D eigenvalue weighted by atomic mass is 10.2. The Balaban J connectivity index is 3.13. The summed E-state index contributed by atoms with van der Waals surface area (Å²) in [6, 6.07) is 0. The van der Waals surface area contributed by atoms with E-state index in [0.29, 0.717) is 32.1 Å². The van der Waals surface area contributed by atoms with Crippen molar-refractivity contribution < 1.29 is 9.53 Å². The van der Waals surface area contributed by atoms with Crippen LogP contribution in [0.15, 0.2) is 12.7 Å². The van der Waals surface area contributed by atoms with Crippen LogP contribution in [0.4, 0.5) is 0 Å². The number of hydrogen-bond acceptors (Lipinski definition) is 2. The predicted molar refractivity (Wildman–Crippen MR) is 63.2 cm³/mol. The number of amides is 1. The lowest BCUT2D eigenvalue weighted by molar-refractivity contribution is -0.121. The second kappa shape index (κ2) is 11.5. The third-order valence-electron chi connectivity index (χ3n) is 1.82. The molecule has 0 saturated heterocycles. The standard InChI is InChI=1S/C11H20ClNO2/c1-2-3-9-15-10-8-13-11(14)6-4-5-7-12/h2H,1,3-10H2,(H,13,14). The molecule has 0 aromatic carbocycles. The van der Waals surface area contributed by atoms with Gasteiger partial charge in [0.25, 0.3) is 0 Å². The van der Waals surface area contributed by atoms with Gasteiger partial charge < -0.3 is 10.1 Å². The zero-order valence-electron chi connectivity index (χ0n) is 9.14. The van der Waals surface area contributed by atoms with E-state index in [2.05, 4.69) is 11.9 Å². The molecule has 0 radical (unpaired) electrons. The second-order valence-corrected chi connectivity index (χ2v) is 3.56. The van der Waals surface area contributed by atoms with Crippen LogP contribution in [0.1, 0.15) is 25.7 Å². The van der Waals surface area contributed by atoms with E-state index in [9.17, 15) is 4.79 Å². The molecule has 0 aliphatic heterocycles. The summed E-state index contributed by atoms with van der Waals surface area (Å²) in [4.78, 5) is 11.2. The third kappa shape index (κ3) is 11.4. The van der Waals surface area contributed by atoms with Crippen LogP contribution in [0.2, 0.25) is 0 Å². The fourth-order valence-corrected chi connectivity index (χ4v) is 1.19. The largest absolute Gasteiger partial charge is 0.379 e. The van der Waals surface area contributed by atoms with Crippen LogP contribution in [0.25, 0.3) is 0 Å². The van der Waals surface area contributed by atoms with Crippen LogP contribution in [-0.4, -0.2) is 31.5 Å². The van der Waals surface area contributed by atoms with E-state index >= 15 is 0 Å². The highest BCUT2D eigenvalue weighted by Gasteiger charge is 1.99. The second-order valence-electron chi connectivity index (χ2n) is 3.19. The summed E-state index contributed by atoms with van der Waals surface area (Å²) in [7, 11) is 0. The van der Waals surface area contributed by atoms with E-state index in [1.807, 2.05) is 6.08 Å². The molecule has 1 amide bonds. The van der Waals surface area contributed by atoms with Gasteiger partial charge in [-0.25, -0.2) is 0 Å². The molecule has 15 heavy (non-hydrogen) atoms. The molecule has 0 bridgehead atoms. The summed E-state index contributed by atoms with van der Waals surface area (Å²) in [6.07, 6.45) is 4.96. The molecular formula is C11H20ClNO2. The van der Waals surface area contributed by atoms with E-state index < -0.39 is 0 Å². The number of unbranched alkanes of at least 4 members (excludes halogenated alkanes) is 1. The summed E-state index contributed by atoms with van der Waals surface area (Å²) < 4.78 is 5.24. The first kappa shape index (κ1) is 14.5. The minimum absolute atomic E-state index is 0.0763. The Morgan fingerprint density at radius 2 is 2.20 bits per heavy atom. The Morgan fingerprint density at radius 1 is 1.40 bits per heavy atom. The average Bonchev–Trinajstić information content (AvgIpc) is 2.23. The van der Waals surface area contributed by atoms with Crippen LogP contribution < -0.4 is 5.32 Å². The number of halogens is 1. The normalized spacial score (nSPS) is 9.93. The van der Waals surface area contributed by atoms with Crippen molar-refractivity contribution in [2.75, 3.05) is 25.6 Å². The maximum absolute atomic E-state index is 11.2. The van der Waals surface area contributed by atoms with Crippen molar-refractivity contribution in [2.24, 2.45) is 0 Å². The lowest BCUT2D eigenvalue weighted by Gasteiger charge is -2.05. The number of hydrogen-bond donors (Lipinski definition) is 1. The molecule has 0 aromatic rings. The fraction of sp³-hybridized carbons (Fsp3) is 0.727. The van der Waals surface area contributed by atoms with Crippen LogP contribution >= 0.6 is 11.6 Å². The molecule has 0 spiro atoms. The molecule has 0 rings (SSSR count). The van der Waals surface area contributed by atoms with Gasteiger partial charge in [0.2, 0.25) is 5.91 Å². The van der Waals surface area contributed by atoms with E-state index in [4.69, 9.17) is 16.3 Å². The SMILES string of the molecule is C=CCCOCCNC(=O)CCCCCl. The molecule has 0 aromatic heterocycles. The van der Waals surface area contributed by atoms with Gasteiger partial charge in [-0.1, -0.05) is 6.08 Å². The van der Waals surface area contributed by atoms with Gasteiger partial charge in [-0.15, -0.1) is 18.2 Å². The van der Waals surface area contributed by atoms with E-state index in [1.165, 1.54) is 0 Å². The van der Waals surface area contributed by atoms with Gasteiger partial charge in [0, 0.05) is 18.8 Å². The molecule has 0 heterocycles. The number of ether oxygens (including phenoxy) is 1. The Kier molecular flexibility index (Phi) is 11.1. The van der Waals surface area contributed by atoms with E-state index in [-0.39, 0.29) is 5.91 Å². The number of rotatable bonds is 10. The van der Waals surface area contributed by atoms with Crippen LogP contribution in [0.5, 0.6) is 0 Å². The van der Waals surface area contributed by atoms with E-state index in [1.54, 1.807) is 0 Å².